The van der Waals surface area contributed by atoms with Gasteiger partial charge in [0.2, 0.25) is 5.95 Å². The van der Waals surface area contributed by atoms with E-state index in [-0.39, 0.29) is 58.7 Å². The van der Waals surface area contributed by atoms with Crippen LogP contribution in [0, 0.1) is 23.5 Å². The highest BCUT2D eigenvalue weighted by atomic mass is 32.2. The Morgan fingerprint density at radius 3 is 2.41 bits per heavy atom. The number of nitrogens with zero attached hydrogens (tertiary/aromatic N) is 5. The van der Waals surface area contributed by atoms with Gasteiger partial charge < -0.3 is 19.9 Å². The highest BCUT2D eigenvalue weighted by molar-refractivity contribution is 7.93. The van der Waals surface area contributed by atoms with E-state index in [1.165, 1.54) is 29.7 Å². The average Bonchev–Trinajstić information content (AvgIpc) is 3.36. The summed E-state index contributed by atoms with van der Waals surface area (Å²) in [6, 6.07) is 8.51. The topological polar surface area (TPSA) is 147 Å². The minimum atomic E-state index is -4.97. The number of ether oxygens (including phenoxy) is 1. The van der Waals surface area contributed by atoms with E-state index >= 15 is 4.39 Å². The third-order valence-electron chi connectivity index (χ3n) is 9.82. The van der Waals surface area contributed by atoms with E-state index in [1.54, 1.807) is 6.07 Å². The van der Waals surface area contributed by atoms with E-state index in [9.17, 15) is 30.0 Å². The lowest BCUT2D eigenvalue weighted by Gasteiger charge is -2.39. The third-order valence-corrected chi connectivity index (χ3v) is 14.1. The molecule has 5 atom stereocenters. The van der Waals surface area contributed by atoms with Gasteiger partial charge in [0.05, 0.1) is 33.5 Å². The standard InChI is InChI=1S/C32H31F4N7O5S3/c1-42-12-16-8-9-17(13-42)43(16)32-40-27(28(49-32)23-10-11-37-31(38-23)39-26-19-14-50(44,45)15-20(19)26)18-4-2-6-22(25(18)34)41-51(46,47)29-21(33)5-3-7-24(29)48-30(35)36/h2-7,10-11,16-17,19-20,26,30,41H,8-9,12-15H2,1H3,(H,37,38,39)/t16?,17?,19-,20+,26+. The fourth-order valence-corrected chi connectivity index (χ4v) is 12.3. The van der Waals surface area contributed by atoms with E-state index in [2.05, 4.69) is 31.9 Å². The molecule has 1 aliphatic carbocycles. The van der Waals surface area contributed by atoms with Gasteiger partial charge in [-0.25, -0.2) is 40.6 Å². The van der Waals surface area contributed by atoms with Gasteiger partial charge in [-0.2, -0.15) is 8.78 Å². The molecule has 0 amide bonds. The molecule has 4 aromatic rings. The maximum absolute atomic E-state index is 16.5. The number of thiazole rings is 1. The van der Waals surface area contributed by atoms with E-state index in [0.717, 1.165) is 50.2 Å². The van der Waals surface area contributed by atoms with E-state index in [4.69, 9.17) is 9.97 Å². The Labute approximate surface area is 294 Å². The molecule has 2 N–H and O–H groups in total. The van der Waals surface area contributed by atoms with Crippen molar-refractivity contribution < 1.29 is 39.1 Å². The number of aromatic nitrogens is 3. The van der Waals surface area contributed by atoms with Crippen molar-refractivity contribution in [1.29, 1.82) is 0 Å². The van der Waals surface area contributed by atoms with Gasteiger partial charge in [-0.3, -0.25) is 4.72 Å². The Balaban J connectivity index is 1.17. The molecule has 5 heterocycles. The number of nitrogens with one attached hydrogen (secondary N) is 2. The molecule has 0 spiro atoms. The van der Waals surface area contributed by atoms with Crippen LogP contribution in [0.1, 0.15) is 12.8 Å². The quantitative estimate of drug-likeness (QED) is 0.217. The summed E-state index contributed by atoms with van der Waals surface area (Å²) in [5.74, 6) is -2.86. The van der Waals surface area contributed by atoms with Crippen LogP contribution < -0.4 is 19.7 Å². The van der Waals surface area contributed by atoms with Crippen LogP contribution in [0.2, 0.25) is 0 Å². The number of alkyl halides is 2. The Bertz CT molecular complexity index is 2210. The Hall–Kier alpha value is -4.07. The van der Waals surface area contributed by atoms with Gasteiger partial charge in [0.15, 0.2) is 25.7 Å². The zero-order valence-corrected chi connectivity index (χ0v) is 29.3. The first kappa shape index (κ1) is 34.0. The highest BCUT2D eigenvalue weighted by Gasteiger charge is 2.59. The fourth-order valence-electron chi connectivity index (χ4n) is 7.60. The van der Waals surface area contributed by atoms with Crippen LogP contribution >= 0.6 is 11.3 Å². The molecule has 2 unspecified atom stereocenters. The van der Waals surface area contributed by atoms with Crippen molar-refractivity contribution in [3.63, 3.8) is 0 Å². The molecule has 0 radical (unpaired) electrons. The van der Waals surface area contributed by atoms with Crippen LogP contribution in [-0.2, 0) is 19.9 Å². The molecule has 2 bridgehead atoms. The molecule has 2 aromatic heterocycles. The Morgan fingerprint density at radius 1 is 1.00 bits per heavy atom. The van der Waals surface area contributed by atoms with Gasteiger partial charge in [0.1, 0.15) is 11.6 Å². The van der Waals surface area contributed by atoms with Crippen LogP contribution in [0.25, 0.3) is 21.8 Å². The van der Waals surface area contributed by atoms with E-state index in [1.807, 2.05) is 4.72 Å². The number of piperazine rings is 1. The van der Waals surface area contributed by atoms with Gasteiger partial charge in [0.25, 0.3) is 10.0 Å². The maximum Gasteiger partial charge on any atom is 0.387 e. The van der Waals surface area contributed by atoms with Crippen molar-refractivity contribution in [2.45, 2.75) is 42.5 Å². The number of anilines is 3. The van der Waals surface area contributed by atoms with Crippen LogP contribution in [0.15, 0.2) is 53.6 Å². The number of benzene rings is 2. The first-order valence-corrected chi connectivity index (χ1v) is 20.2. The number of likely N-dealkylation sites (tertiary alicyclic amines) is 1. The largest absolute Gasteiger partial charge is 0.433 e. The van der Waals surface area contributed by atoms with Crippen LogP contribution in [0.5, 0.6) is 5.75 Å². The summed E-state index contributed by atoms with van der Waals surface area (Å²) in [5.41, 5.74) is -0.0591. The molecule has 2 aromatic carbocycles. The van der Waals surface area contributed by atoms with Gasteiger partial charge in [-0.15, -0.1) is 0 Å². The average molecular weight is 766 g/mol. The minimum absolute atomic E-state index is 0.0106. The molecule has 1 saturated carbocycles. The number of rotatable bonds is 10. The number of halogens is 4. The van der Waals surface area contributed by atoms with Gasteiger partial charge in [-0.1, -0.05) is 23.5 Å². The molecule has 270 valence electrons. The third kappa shape index (κ3) is 6.37. The molecule has 8 rings (SSSR count). The van der Waals surface area contributed by atoms with Crippen LogP contribution in [0.4, 0.5) is 34.3 Å². The first-order chi connectivity index (χ1) is 24.3. The van der Waals surface area contributed by atoms with Crippen molar-refractivity contribution in [3.05, 3.63) is 60.3 Å². The van der Waals surface area contributed by atoms with Gasteiger partial charge >= 0.3 is 6.61 Å². The summed E-state index contributed by atoms with van der Waals surface area (Å²) in [4.78, 5) is 17.8. The number of hydrogen-bond acceptors (Lipinski definition) is 12. The van der Waals surface area contributed by atoms with Crippen molar-refractivity contribution in [1.82, 2.24) is 19.9 Å². The molecule has 19 heteroatoms. The molecule has 4 fully saturated rings. The van der Waals surface area contributed by atoms with Crippen LogP contribution in [0.3, 0.4) is 0 Å². The van der Waals surface area contributed by atoms with E-state index in [0.29, 0.717) is 15.7 Å². The predicted molar refractivity (Wildman–Crippen MR) is 182 cm³/mol. The second kappa shape index (κ2) is 12.6. The molecular weight excluding hydrogens is 735 g/mol. The van der Waals surface area contributed by atoms with E-state index < -0.39 is 54.4 Å². The molecule has 12 nitrogen and oxygen atoms in total. The summed E-state index contributed by atoms with van der Waals surface area (Å²) in [6.07, 6.45) is 3.45. The number of hydrogen-bond donors (Lipinski definition) is 2. The minimum Gasteiger partial charge on any atom is -0.433 e. The predicted octanol–water partition coefficient (Wildman–Crippen LogP) is 4.69. The fraction of sp³-hybridized carbons (Fsp3) is 0.406. The monoisotopic (exact) mass is 765 g/mol. The number of sulfonamides is 1. The lowest BCUT2D eigenvalue weighted by Crippen LogP contribution is -2.52. The summed E-state index contributed by atoms with van der Waals surface area (Å²) < 4.78 is 114. The molecule has 3 saturated heterocycles. The first-order valence-electron chi connectivity index (χ1n) is 16.1. The Kier molecular flexibility index (Phi) is 8.38. The van der Waals surface area contributed by atoms with Crippen molar-refractivity contribution in [2.75, 3.05) is 46.6 Å². The molecule has 3 aliphatic heterocycles. The van der Waals surface area contributed by atoms with Crippen molar-refractivity contribution in [3.8, 4) is 27.6 Å². The summed E-state index contributed by atoms with van der Waals surface area (Å²) in [7, 11) is -5.96. The van der Waals surface area contributed by atoms with Gasteiger partial charge in [0, 0.05) is 43.0 Å². The summed E-state index contributed by atoms with van der Waals surface area (Å²) >= 11 is 1.31. The second-order valence-electron chi connectivity index (χ2n) is 13.2. The van der Waals surface area contributed by atoms with Crippen molar-refractivity contribution in [2.24, 2.45) is 11.8 Å². The second-order valence-corrected chi connectivity index (χ2v) is 18.0. The number of sulfone groups is 1. The molecule has 4 aliphatic rings. The molecular formula is C32H31F4N7O5S3. The lowest BCUT2D eigenvalue weighted by atomic mass is 10.1. The maximum atomic E-state index is 16.5. The van der Waals surface area contributed by atoms with Crippen LogP contribution in [-0.4, -0.2) is 93.1 Å². The normalized spacial score (nSPS) is 25.2. The number of likely N-dealkylation sites (N-methyl/N-ethyl adjacent to an activating group) is 1. The Morgan fingerprint density at radius 2 is 1.71 bits per heavy atom. The zero-order chi connectivity index (χ0) is 35.8. The van der Waals surface area contributed by atoms with Gasteiger partial charge in [-0.05, 0) is 62.1 Å². The highest BCUT2D eigenvalue weighted by Crippen LogP contribution is 2.49. The smallest absolute Gasteiger partial charge is 0.387 e. The SMILES string of the molecule is CN1CC2CCC(C1)N2c1nc(-c2cccc(NS(=O)(=O)c3c(F)cccc3OC(F)F)c2F)c(-c2ccnc(N[C@H]3[C@@H]4CS(=O)(=O)C[C@@H]43)n2)s1. The lowest BCUT2D eigenvalue weighted by molar-refractivity contribution is -0.0520. The molecule has 51 heavy (non-hydrogen) atoms. The zero-order valence-electron chi connectivity index (χ0n) is 26.8. The summed E-state index contributed by atoms with van der Waals surface area (Å²) in [6.45, 7) is -1.80. The van der Waals surface area contributed by atoms with Crippen molar-refractivity contribution >= 4 is 48.0 Å². The number of fused-ring (bicyclic) bond motifs is 3. The summed E-state index contributed by atoms with van der Waals surface area (Å²) in [5, 5.41) is 3.89.